The summed E-state index contributed by atoms with van der Waals surface area (Å²) in [6.45, 7) is 4.55. The van der Waals surface area contributed by atoms with E-state index in [0.717, 1.165) is 33.2 Å². The second-order valence-electron chi connectivity index (χ2n) is 6.39. The average Bonchev–Trinajstić information content (AvgIpc) is 2.96. The highest BCUT2D eigenvalue weighted by molar-refractivity contribution is 6.09. The highest BCUT2D eigenvalue weighted by atomic mass is 16.5. The molecule has 0 unspecified atom stereocenters. The summed E-state index contributed by atoms with van der Waals surface area (Å²) in [7, 11) is 1.83. The number of pyridine rings is 1. The van der Waals surface area contributed by atoms with Crippen molar-refractivity contribution in [1.29, 1.82) is 0 Å². The first-order chi connectivity index (χ1) is 13.1. The van der Waals surface area contributed by atoms with Gasteiger partial charge in [0.05, 0.1) is 17.5 Å². The van der Waals surface area contributed by atoms with Gasteiger partial charge in [-0.2, -0.15) is 5.10 Å². The van der Waals surface area contributed by atoms with Crippen LogP contribution in [0.25, 0.3) is 21.9 Å². The van der Waals surface area contributed by atoms with Gasteiger partial charge in [-0.25, -0.2) is 9.67 Å². The third-order valence-electron chi connectivity index (χ3n) is 4.50. The van der Waals surface area contributed by atoms with Gasteiger partial charge in [0.15, 0.2) is 11.5 Å². The molecule has 1 N–H and O–H groups in total. The molecule has 6 nitrogen and oxygen atoms in total. The molecule has 4 aromatic rings. The van der Waals surface area contributed by atoms with E-state index < -0.39 is 0 Å². The van der Waals surface area contributed by atoms with Crippen LogP contribution >= 0.6 is 0 Å². The second-order valence-corrected chi connectivity index (χ2v) is 6.39. The van der Waals surface area contributed by atoms with Crippen LogP contribution in [-0.2, 0) is 7.05 Å². The van der Waals surface area contributed by atoms with Gasteiger partial charge in [0.25, 0.3) is 5.91 Å². The molecule has 0 atom stereocenters. The lowest BCUT2D eigenvalue weighted by Gasteiger charge is -2.06. The fourth-order valence-corrected chi connectivity index (χ4v) is 3.15. The van der Waals surface area contributed by atoms with Crippen LogP contribution in [0.4, 0.5) is 5.82 Å². The first-order valence-electron chi connectivity index (χ1n) is 8.84. The van der Waals surface area contributed by atoms with E-state index in [1.807, 2.05) is 45.2 Å². The molecule has 0 saturated carbocycles. The van der Waals surface area contributed by atoms with E-state index >= 15 is 0 Å². The zero-order valence-corrected chi connectivity index (χ0v) is 15.5. The molecule has 4 rings (SSSR count). The van der Waals surface area contributed by atoms with E-state index in [9.17, 15) is 4.79 Å². The van der Waals surface area contributed by atoms with Crippen LogP contribution in [-0.4, -0.2) is 27.3 Å². The number of rotatable bonds is 4. The van der Waals surface area contributed by atoms with Gasteiger partial charge in [0.2, 0.25) is 0 Å². The number of aromatic nitrogens is 3. The molecule has 6 heteroatoms. The predicted molar refractivity (Wildman–Crippen MR) is 106 cm³/mol. The standard InChI is InChI=1S/C21H20N4O2/c1-4-27-16-10-8-14(9-11-16)21(26)23-19-17-12-15-7-5-6-13(2)18(15)22-20(17)25(3)24-19/h5-12H,4H2,1-3H3,(H,23,24,26). The Kier molecular flexibility index (Phi) is 4.24. The monoisotopic (exact) mass is 360 g/mol. The summed E-state index contributed by atoms with van der Waals surface area (Å²) in [5, 5.41) is 9.19. The van der Waals surface area contributed by atoms with E-state index in [1.165, 1.54) is 0 Å². The minimum atomic E-state index is -0.220. The number of carbonyl (C=O) groups excluding carboxylic acids is 1. The van der Waals surface area contributed by atoms with Crippen LogP contribution in [0.5, 0.6) is 5.75 Å². The van der Waals surface area contributed by atoms with E-state index in [4.69, 9.17) is 9.72 Å². The fourth-order valence-electron chi connectivity index (χ4n) is 3.15. The molecule has 0 radical (unpaired) electrons. The second kappa shape index (κ2) is 6.72. The Labute approximate surface area is 156 Å². The molecule has 0 aliphatic heterocycles. The average molecular weight is 360 g/mol. The van der Waals surface area contributed by atoms with Crippen molar-refractivity contribution in [3.05, 3.63) is 59.7 Å². The lowest BCUT2D eigenvalue weighted by molar-refractivity contribution is 0.102. The molecular weight excluding hydrogens is 340 g/mol. The lowest BCUT2D eigenvalue weighted by atomic mass is 10.1. The largest absolute Gasteiger partial charge is 0.494 e. The number of nitrogens with one attached hydrogen (secondary N) is 1. The normalized spacial score (nSPS) is 11.1. The number of amides is 1. The van der Waals surface area contributed by atoms with Gasteiger partial charge < -0.3 is 10.1 Å². The fraction of sp³-hybridized carbons (Fsp3) is 0.190. The number of hydrogen-bond donors (Lipinski definition) is 1. The van der Waals surface area contributed by atoms with Crippen LogP contribution in [0.15, 0.2) is 48.5 Å². The molecule has 0 saturated heterocycles. The van der Waals surface area contributed by atoms with Gasteiger partial charge >= 0.3 is 0 Å². The molecular formula is C21H20N4O2. The zero-order valence-electron chi connectivity index (χ0n) is 15.5. The van der Waals surface area contributed by atoms with Gasteiger partial charge in [-0.3, -0.25) is 4.79 Å². The number of benzene rings is 2. The first kappa shape index (κ1) is 17.0. The number of para-hydroxylation sites is 1. The van der Waals surface area contributed by atoms with Crippen LogP contribution in [0, 0.1) is 6.92 Å². The Hall–Kier alpha value is -3.41. The highest BCUT2D eigenvalue weighted by Crippen LogP contribution is 2.27. The molecule has 0 fully saturated rings. The number of carbonyl (C=O) groups is 1. The van der Waals surface area contributed by atoms with Gasteiger partial charge in [-0.15, -0.1) is 0 Å². The van der Waals surface area contributed by atoms with Crippen molar-refractivity contribution in [1.82, 2.24) is 14.8 Å². The highest BCUT2D eigenvalue weighted by Gasteiger charge is 2.15. The summed E-state index contributed by atoms with van der Waals surface area (Å²) < 4.78 is 7.10. The molecule has 0 spiro atoms. The predicted octanol–water partition coefficient (Wildman–Crippen LogP) is 4.08. The Balaban J connectivity index is 1.70. The lowest BCUT2D eigenvalue weighted by Crippen LogP contribution is -2.12. The van der Waals surface area contributed by atoms with Crippen LogP contribution in [0.2, 0.25) is 0 Å². The maximum Gasteiger partial charge on any atom is 0.256 e. The van der Waals surface area contributed by atoms with E-state index in [-0.39, 0.29) is 5.91 Å². The molecule has 0 aliphatic rings. The molecule has 0 aliphatic carbocycles. The minimum absolute atomic E-state index is 0.220. The van der Waals surface area contributed by atoms with Crippen molar-refractivity contribution in [3.63, 3.8) is 0 Å². The van der Waals surface area contributed by atoms with Crippen molar-refractivity contribution in [2.45, 2.75) is 13.8 Å². The van der Waals surface area contributed by atoms with E-state index in [2.05, 4.69) is 10.4 Å². The zero-order chi connectivity index (χ0) is 19.0. The smallest absolute Gasteiger partial charge is 0.256 e. The molecule has 2 aromatic heterocycles. The summed E-state index contributed by atoms with van der Waals surface area (Å²) in [5.74, 6) is 1.02. The van der Waals surface area contributed by atoms with Crippen LogP contribution in [0.3, 0.4) is 0 Å². The summed E-state index contributed by atoms with van der Waals surface area (Å²) in [5.41, 5.74) is 3.33. The Morgan fingerprint density at radius 2 is 1.96 bits per heavy atom. The quantitative estimate of drug-likeness (QED) is 0.595. The third-order valence-corrected chi connectivity index (χ3v) is 4.50. The van der Waals surface area contributed by atoms with Crippen molar-refractivity contribution in [3.8, 4) is 5.75 Å². The SMILES string of the molecule is CCOc1ccc(C(=O)Nc2nn(C)c3nc4c(C)cccc4cc23)cc1. The van der Waals surface area contributed by atoms with Crippen molar-refractivity contribution in [2.75, 3.05) is 11.9 Å². The Morgan fingerprint density at radius 3 is 2.70 bits per heavy atom. The summed E-state index contributed by atoms with van der Waals surface area (Å²) >= 11 is 0. The number of fused-ring (bicyclic) bond motifs is 2. The number of anilines is 1. The molecule has 0 bridgehead atoms. The summed E-state index contributed by atoms with van der Waals surface area (Å²) in [6.07, 6.45) is 0. The van der Waals surface area contributed by atoms with Gasteiger partial charge in [-0.05, 0) is 49.7 Å². The summed E-state index contributed by atoms with van der Waals surface area (Å²) in [4.78, 5) is 17.4. The number of nitrogens with zero attached hydrogens (tertiary/aromatic N) is 3. The number of ether oxygens (including phenoxy) is 1. The van der Waals surface area contributed by atoms with Crippen LogP contribution < -0.4 is 10.1 Å². The van der Waals surface area contributed by atoms with Gasteiger partial charge in [0.1, 0.15) is 5.75 Å². The first-order valence-corrected chi connectivity index (χ1v) is 8.84. The third kappa shape index (κ3) is 3.10. The Bertz CT molecular complexity index is 1150. The van der Waals surface area contributed by atoms with Crippen molar-refractivity contribution in [2.24, 2.45) is 7.05 Å². The number of aryl methyl sites for hydroxylation is 2. The molecule has 27 heavy (non-hydrogen) atoms. The molecule has 136 valence electrons. The van der Waals surface area contributed by atoms with Crippen LogP contribution in [0.1, 0.15) is 22.8 Å². The maximum atomic E-state index is 12.6. The van der Waals surface area contributed by atoms with Gasteiger partial charge in [0, 0.05) is 18.0 Å². The minimum Gasteiger partial charge on any atom is -0.494 e. The van der Waals surface area contributed by atoms with E-state index in [1.54, 1.807) is 28.9 Å². The Morgan fingerprint density at radius 1 is 1.19 bits per heavy atom. The summed E-state index contributed by atoms with van der Waals surface area (Å²) in [6, 6.07) is 15.1. The van der Waals surface area contributed by atoms with Crippen molar-refractivity contribution < 1.29 is 9.53 Å². The van der Waals surface area contributed by atoms with E-state index in [0.29, 0.717) is 18.0 Å². The maximum absolute atomic E-state index is 12.6. The van der Waals surface area contributed by atoms with Gasteiger partial charge in [-0.1, -0.05) is 18.2 Å². The topological polar surface area (TPSA) is 69.0 Å². The molecule has 1 amide bonds. The molecule has 2 heterocycles. The molecule has 2 aromatic carbocycles. The van der Waals surface area contributed by atoms with Crippen molar-refractivity contribution >= 4 is 33.7 Å². The number of hydrogen-bond acceptors (Lipinski definition) is 4.